The average molecular weight is 250 g/mol. The van der Waals surface area contributed by atoms with Crippen molar-refractivity contribution < 1.29 is 0 Å². The van der Waals surface area contributed by atoms with Gasteiger partial charge in [-0.15, -0.1) is 11.8 Å². The first-order valence-electron chi connectivity index (χ1n) is 6.20. The first-order chi connectivity index (χ1) is 8.27. The van der Waals surface area contributed by atoms with Gasteiger partial charge in [-0.1, -0.05) is 0 Å². The Morgan fingerprint density at radius 2 is 2.29 bits per heavy atom. The van der Waals surface area contributed by atoms with Crippen LogP contribution in [0.4, 0.5) is 5.82 Å². The summed E-state index contributed by atoms with van der Waals surface area (Å²) in [4.78, 5) is 11.4. The monoisotopic (exact) mass is 250 g/mol. The maximum absolute atomic E-state index is 4.55. The fourth-order valence-electron chi connectivity index (χ4n) is 2.62. The minimum absolute atomic E-state index is 0.514. The Morgan fingerprint density at radius 3 is 3.12 bits per heavy atom. The predicted molar refractivity (Wildman–Crippen MR) is 71.4 cm³/mol. The van der Waals surface area contributed by atoms with Crippen LogP contribution in [-0.2, 0) is 5.75 Å². The Bertz CT molecular complexity index is 423. The summed E-state index contributed by atoms with van der Waals surface area (Å²) in [5.41, 5.74) is 2.60. The Kier molecular flexibility index (Phi) is 2.96. The van der Waals surface area contributed by atoms with Gasteiger partial charge in [-0.3, -0.25) is 0 Å². The number of hydrogen-bond donors (Lipinski definition) is 1. The molecule has 0 amide bonds. The van der Waals surface area contributed by atoms with Crippen molar-refractivity contribution in [2.24, 2.45) is 0 Å². The number of anilines is 1. The van der Waals surface area contributed by atoms with Crippen molar-refractivity contribution >= 4 is 17.6 Å². The molecule has 3 rings (SSSR count). The lowest BCUT2D eigenvalue weighted by atomic mass is 10.1. The molecule has 4 nitrogen and oxygen atoms in total. The predicted octanol–water partition coefficient (Wildman–Crippen LogP) is 1.58. The highest BCUT2D eigenvalue weighted by Crippen LogP contribution is 2.44. The van der Waals surface area contributed by atoms with Crippen molar-refractivity contribution in [2.75, 3.05) is 24.5 Å². The normalized spacial score (nSPS) is 28.2. The van der Waals surface area contributed by atoms with Gasteiger partial charge in [0.25, 0.3) is 0 Å². The fraction of sp³-hybridized carbons (Fsp3) is 0.667. The van der Waals surface area contributed by atoms with Crippen molar-refractivity contribution in [3.63, 3.8) is 0 Å². The average Bonchev–Trinajstić information content (AvgIpc) is 2.72. The molecule has 0 unspecified atom stereocenters. The van der Waals surface area contributed by atoms with Gasteiger partial charge in [-0.2, -0.15) is 0 Å². The van der Waals surface area contributed by atoms with Crippen LogP contribution in [0, 0.1) is 0 Å². The molecule has 2 aliphatic heterocycles. The summed E-state index contributed by atoms with van der Waals surface area (Å²) in [6.07, 6.45) is 1.72. The van der Waals surface area contributed by atoms with Gasteiger partial charge in [0, 0.05) is 42.2 Å². The molecule has 92 valence electrons. The van der Waals surface area contributed by atoms with Crippen LogP contribution in [0.25, 0.3) is 0 Å². The number of hydrogen-bond acceptors (Lipinski definition) is 5. The molecule has 0 aromatic carbocycles. The molecule has 0 radical (unpaired) electrons. The van der Waals surface area contributed by atoms with E-state index in [0.29, 0.717) is 11.3 Å². The van der Waals surface area contributed by atoms with E-state index in [1.807, 2.05) is 11.8 Å². The van der Waals surface area contributed by atoms with E-state index in [-0.39, 0.29) is 0 Å². The number of thioether (sulfide) groups is 1. The zero-order valence-corrected chi connectivity index (χ0v) is 11.1. The Hall–Kier alpha value is -0.810. The van der Waals surface area contributed by atoms with E-state index in [1.165, 1.54) is 17.1 Å². The number of aromatic nitrogens is 2. The number of rotatable bonds is 1. The molecule has 1 saturated heterocycles. The molecule has 1 aromatic rings. The van der Waals surface area contributed by atoms with Crippen molar-refractivity contribution in [3.05, 3.63) is 17.6 Å². The Labute approximate surface area is 106 Å². The van der Waals surface area contributed by atoms with Gasteiger partial charge in [0.1, 0.15) is 12.1 Å². The highest BCUT2D eigenvalue weighted by molar-refractivity contribution is 7.99. The summed E-state index contributed by atoms with van der Waals surface area (Å²) in [7, 11) is 0. The maximum Gasteiger partial charge on any atom is 0.136 e. The molecular weight excluding hydrogens is 232 g/mol. The number of fused-ring (bicyclic) bond motifs is 1. The van der Waals surface area contributed by atoms with E-state index in [4.69, 9.17) is 0 Å². The van der Waals surface area contributed by atoms with Gasteiger partial charge in [0.05, 0.1) is 5.69 Å². The third kappa shape index (κ3) is 1.91. The topological polar surface area (TPSA) is 41.1 Å². The van der Waals surface area contributed by atoms with Gasteiger partial charge in [-0.05, 0) is 13.8 Å². The van der Waals surface area contributed by atoms with E-state index >= 15 is 0 Å². The summed E-state index contributed by atoms with van der Waals surface area (Å²) in [6, 6.07) is 0.514. The van der Waals surface area contributed by atoms with Gasteiger partial charge in [-0.25, -0.2) is 9.97 Å². The molecule has 2 atom stereocenters. The standard InChI is InChI=1S/C12H18N4S/c1-8-5-13-3-4-16(8)12-11-9(2)17-6-10(11)14-7-15-12/h7-9,13H,3-6H2,1-2H3/t8-,9+/m0/s1. The van der Waals surface area contributed by atoms with E-state index < -0.39 is 0 Å². The van der Waals surface area contributed by atoms with Crippen LogP contribution in [-0.4, -0.2) is 35.6 Å². The quantitative estimate of drug-likeness (QED) is 0.819. The zero-order valence-electron chi connectivity index (χ0n) is 10.3. The van der Waals surface area contributed by atoms with Crippen LogP contribution in [0.15, 0.2) is 6.33 Å². The summed E-state index contributed by atoms with van der Waals surface area (Å²) in [5.74, 6) is 2.20. The number of nitrogens with zero attached hydrogens (tertiary/aromatic N) is 3. The smallest absolute Gasteiger partial charge is 0.136 e. The summed E-state index contributed by atoms with van der Waals surface area (Å²) >= 11 is 1.96. The molecule has 5 heteroatoms. The van der Waals surface area contributed by atoms with Crippen molar-refractivity contribution in [2.45, 2.75) is 30.9 Å². The maximum atomic E-state index is 4.55. The second kappa shape index (κ2) is 4.46. The lowest BCUT2D eigenvalue weighted by Crippen LogP contribution is -2.50. The highest BCUT2D eigenvalue weighted by atomic mass is 32.2. The second-order valence-electron chi connectivity index (χ2n) is 4.76. The van der Waals surface area contributed by atoms with E-state index in [9.17, 15) is 0 Å². The lowest BCUT2D eigenvalue weighted by Gasteiger charge is -2.36. The van der Waals surface area contributed by atoms with E-state index in [2.05, 4.69) is 34.0 Å². The summed E-state index contributed by atoms with van der Waals surface area (Å²) in [5, 5.41) is 3.95. The van der Waals surface area contributed by atoms with Crippen LogP contribution in [0.2, 0.25) is 0 Å². The summed E-state index contributed by atoms with van der Waals surface area (Å²) < 4.78 is 0. The number of piperazine rings is 1. The number of nitrogens with one attached hydrogen (secondary N) is 1. The van der Waals surface area contributed by atoms with Crippen LogP contribution in [0.1, 0.15) is 30.4 Å². The molecular formula is C12H18N4S. The molecule has 2 aliphatic rings. The Morgan fingerprint density at radius 1 is 1.41 bits per heavy atom. The van der Waals surface area contributed by atoms with Crippen LogP contribution < -0.4 is 10.2 Å². The molecule has 1 N–H and O–H groups in total. The molecule has 1 aromatic heterocycles. The van der Waals surface area contributed by atoms with Crippen LogP contribution >= 0.6 is 11.8 Å². The fourth-order valence-corrected chi connectivity index (χ4v) is 3.67. The minimum Gasteiger partial charge on any atom is -0.351 e. The highest BCUT2D eigenvalue weighted by Gasteiger charge is 2.29. The molecule has 0 bridgehead atoms. The lowest BCUT2D eigenvalue weighted by molar-refractivity contribution is 0.495. The molecule has 1 fully saturated rings. The molecule has 0 saturated carbocycles. The van der Waals surface area contributed by atoms with Crippen LogP contribution in [0.3, 0.4) is 0 Å². The van der Waals surface area contributed by atoms with Crippen molar-refractivity contribution in [1.29, 1.82) is 0 Å². The first kappa shape index (κ1) is 11.3. The molecule has 3 heterocycles. The molecule has 17 heavy (non-hydrogen) atoms. The molecule has 0 aliphatic carbocycles. The largest absolute Gasteiger partial charge is 0.351 e. The zero-order chi connectivity index (χ0) is 11.8. The van der Waals surface area contributed by atoms with Gasteiger partial charge >= 0.3 is 0 Å². The van der Waals surface area contributed by atoms with Crippen molar-refractivity contribution in [3.8, 4) is 0 Å². The van der Waals surface area contributed by atoms with E-state index in [0.717, 1.165) is 25.4 Å². The Balaban J connectivity index is 2.00. The van der Waals surface area contributed by atoms with Gasteiger partial charge in [0.2, 0.25) is 0 Å². The minimum atomic E-state index is 0.514. The summed E-state index contributed by atoms with van der Waals surface area (Å²) in [6.45, 7) is 7.65. The first-order valence-corrected chi connectivity index (χ1v) is 7.25. The van der Waals surface area contributed by atoms with Crippen molar-refractivity contribution in [1.82, 2.24) is 15.3 Å². The van der Waals surface area contributed by atoms with E-state index in [1.54, 1.807) is 6.33 Å². The third-order valence-corrected chi connectivity index (χ3v) is 4.77. The SMILES string of the molecule is C[C@H]1SCc2ncnc(N3CCNC[C@@H]3C)c21. The van der Waals surface area contributed by atoms with Gasteiger partial charge < -0.3 is 10.2 Å². The molecule has 0 spiro atoms. The van der Waals surface area contributed by atoms with Crippen LogP contribution in [0.5, 0.6) is 0 Å². The third-order valence-electron chi connectivity index (χ3n) is 3.60. The van der Waals surface area contributed by atoms with Gasteiger partial charge in [0.15, 0.2) is 0 Å². The second-order valence-corrected chi connectivity index (χ2v) is 6.09.